The summed E-state index contributed by atoms with van der Waals surface area (Å²) in [5.41, 5.74) is 5.18. The standard InChI is InChI=1S/C16H29N3O4/c1-10(7-14(17)21)11(2)8-15(22)18-16-12(20)9-23-13(16)5-6-19(3)4/h10-11,13,16H,5-9H2,1-4H3,(H2,17,21)(H,18,22). The summed E-state index contributed by atoms with van der Waals surface area (Å²) < 4.78 is 5.48. The predicted octanol–water partition coefficient (Wildman–Crippen LogP) is -0.0715. The van der Waals surface area contributed by atoms with Crippen molar-refractivity contribution in [2.45, 2.75) is 45.3 Å². The summed E-state index contributed by atoms with van der Waals surface area (Å²) in [5, 5.41) is 2.79. The maximum absolute atomic E-state index is 12.2. The number of amides is 2. The molecule has 4 atom stereocenters. The van der Waals surface area contributed by atoms with Crippen LogP contribution in [0.1, 0.15) is 33.1 Å². The highest BCUT2D eigenvalue weighted by molar-refractivity contribution is 5.91. The average molecular weight is 327 g/mol. The first-order valence-corrected chi connectivity index (χ1v) is 8.07. The molecule has 0 bridgehead atoms. The number of carbonyl (C=O) groups is 3. The maximum atomic E-state index is 12.2. The lowest BCUT2D eigenvalue weighted by molar-refractivity contribution is -0.127. The van der Waals surface area contributed by atoms with Crippen LogP contribution in [0.3, 0.4) is 0 Å². The number of nitrogens with zero attached hydrogens (tertiary/aromatic N) is 1. The monoisotopic (exact) mass is 327 g/mol. The fraction of sp³-hybridized carbons (Fsp3) is 0.812. The molecule has 0 aliphatic carbocycles. The van der Waals surface area contributed by atoms with Gasteiger partial charge in [0, 0.05) is 19.4 Å². The van der Waals surface area contributed by atoms with E-state index >= 15 is 0 Å². The summed E-state index contributed by atoms with van der Waals surface area (Å²) in [5.74, 6) is -0.598. The van der Waals surface area contributed by atoms with Crippen molar-refractivity contribution in [3.8, 4) is 0 Å². The molecular formula is C16H29N3O4. The fourth-order valence-corrected chi connectivity index (χ4v) is 2.64. The van der Waals surface area contributed by atoms with Crippen molar-refractivity contribution >= 4 is 17.6 Å². The number of nitrogens with two attached hydrogens (primary N) is 1. The number of Topliss-reactive ketones (excluding diaryl/α,β-unsaturated/α-hetero) is 1. The molecule has 2 amide bonds. The molecule has 0 aromatic rings. The number of hydrogen-bond acceptors (Lipinski definition) is 5. The van der Waals surface area contributed by atoms with E-state index in [0.717, 1.165) is 6.54 Å². The lowest BCUT2D eigenvalue weighted by Crippen LogP contribution is -2.46. The van der Waals surface area contributed by atoms with Gasteiger partial charge in [-0.1, -0.05) is 13.8 Å². The second-order valence-corrected chi connectivity index (χ2v) is 6.78. The van der Waals surface area contributed by atoms with Crippen molar-refractivity contribution in [3.05, 3.63) is 0 Å². The smallest absolute Gasteiger partial charge is 0.220 e. The molecule has 7 heteroatoms. The molecular weight excluding hydrogens is 298 g/mol. The highest BCUT2D eigenvalue weighted by atomic mass is 16.5. The van der Waals surface area contributed by atoms with E-state index in [1.54, 1.807) is 0 Å². The molecule has 7 nitrogen and oxygen atoms in total. The van der Waals surface area contributed by atoms with Gasteiger partial charge in [0.15, 0.2) is 5.78 Å². The van der Waals surface area contributed by atoms with Crippen LogP contribution in [0.2, 0.25) is 0 Å². The Balaban J connectivity index is 2.50. The normalized spacial score (nSPS) is 23.8. The summed E-state index contributed by atoms with van der Waals surface area (Å²) in [6.07, 6.45) is 0.939. The lowest BCUT2D eigenvalue weighted by Gasteiger charge is -2.22. The van der Waals surface area contributed by atoms with Crippen LogP contribution in [0, 0.1) is 11.8 Å². The SMILES string of the molecule is CC(CC(N)=O)C(C)CC(=O)NC1C(=O)COC1CCN(C)C. The number of ketones is 1. The van der Waals surface area contributed by atoms with Gasteiger partial charge in [-0.25, -0.2) is 0 Å². The molecule has 0 radical (unpaired) electrons. The van der Waals surface area contributed by atoms with Gasteiger partial charge in [0.2, 0.25) is 11.8 Å². The highest BCUT2D eigenvalue weighted by Gasteiger charge is 2.36. The Morgan fingerprint density at radius 3 is 2.48 bits per heavy atom. The molecule has 4 unspecified atom stereocenters. The Labute approximate surface area is 137 Å². The van der Waals surface area contributed by atoms with E-state index in [-0.39, 0.29) is 55.0 Å². The van der Waals surface area contributed by atoms with Gasteiger partial charge in [-0.05, 0) is 32.4 Å². The number of nitrogens with one attached hydrogen (secondary N) is 1. The zero-order valence-electron chi connectivity index (χ0n) is 14.5. The van der Waals surface area contributed by atoms with E-state index in [9.17, 15) is 14.4 Å². The second kappa shape index (κ2) is 8.98. The van der Waals surface area contributed by atoms with Crippen molar-refractivity contribution in [1.29, 1.82) is 0 Å². The molecule has 0 aromatic heterocycles. The third-order valence-electron chi connectivity index (χ3n) is 4.34. The van der Waals surface area contributed by atoms with Crippen molar-refractivity contribution in [2.24, 2.45) is 17.6 Å². The molecule has 23 heavy (non-hydrogen) atoms. The molecule has 132 valence electrons. The van der Waals surface area contributed by atoms with Crippen molar-refractivity contribution < 1.29 is 19.1 Å². The largest absolute Gasteiger partial charge is 0.370 e. The van der Waals surface area contributed by atoms with Gasteiger partial charge in [-0.3, -0.25) is 14.4 Å². The molecule has 0 aromatic carbocycles. The van der Waals surface area contributed by atoms with E-state index < -0.39 is 6.04 Å². The zero-order chi connectivity index (χ0) is 17.6. The van der Waals surface area contributed by atoms with Crippen LogP contribution in [0.5, 0.6) is 0 Å². The van der Waals surface area contributed by atoms with Gasteiger partial charge in [-0.15, -0.1) is 0 Å². The summed E-state index contributed by atoms with van der Waals surface area (Å²) in [4.78, 5) is 37.1. The highest BCUT2D eigenvalue weighted by Crippen LogP contribution is 2.19. The molecule has 1 saturated heterocycles. The number of ether oxygens (including phenoxy) is 1. The van der Waals surface area contributed by atoms with Crippen LogP contribution in [0.25, 0.3) is 0 Å². The number of carbonyl (C=O) groups excluding carboxylic acids is 3. The first-order valence-electron chi connectivity index (χ1n) is 8.07. The Morgan fingerprint density at radius 2 is 1.91 bits per heavy atom. The van der Waals surface area contributed by atoms with Crippen molar-refractivity contribution in [3.63, 3.8) is 0 Å². The third kappa shape index (κ3) is 6.66. The van der Waals surface area contributed by atoms with E-state index in [2.05, 4.69) is 5.32 Å². The van der Waals surface area contributed by atoms with Crippen LogP contribution in [0.4, 0.5) is 0 Å². The molecule has 1 aliphatic heterocycles. The fourth-order valence-electron chi connectivity index (χ4n) is 2.64. The predicted molar refractivity (Wildman–Crippen MR) is 86.6 cm³/mol. The van der Waals surface area contributed by atoms with E-state index in [4.69, 9.17) is 10.5 Å². The van der Waals surface area contributed by atoms with Gasteiger partial charge in [0.1, 0.15) is 12.6 Å². The Kier molecular flexibility index (Phi) is 7.64. The maximum Gasteiger partial charge on any atom is 0.220 e. The quantitative estimate of drug-likeness (QED) is 0.617. The summed E-state index contributed by atoms with van der Waals surface area (Å²) >= 11 is 0. The lowest BCUT2D eigenvalue weighted by atomic mass is 9.89. The molecule has 3 N–H and O–H groups in total. The third-order valence-corrected chi connectivity index (χ3v) is 4.34. The summed E-state index contributed by atoms with van der Waals surface area (Å²) in [7, 11) is 3.90. The molecule has 1 aliphatic rings. The van der Waals surface area contributed by atoms with Gasteiger partial charge in [0.05, 0.1) is 6.10 Å². The van der Waals surface area contributed by atoms with Gasteiger partial charge >= 0.3 is 0 Å². The first kappa shape index (κ1) is 19.6. The second-order valence-electron chi connectivity index (χ2n) is 6.78. The van der Waals surface area contributed by atoms with Gasteiger partial charge in [0.25, 0.3) is 0 Å². The molecule has 0 spiro atoms. The minimum absolute atomic E-state index is 0.0140. The van der Waals surface area contributed by atoms with Crippen LogP contribution < -0.4 is 11.1 Å². The Bertz CT molecular complexity index is 439. The average Bonchev–Trinajstić information content (AvgIpc) is 2.76. The van der Waals surface area contributed by atoms with Gasteiger partial charge < -0.3 is 20.7 Å². The minimum atomic E-state index is -0.568. The van der Waals surface area contributed by atoms with Crippen LogP contribution >= 0.6 is 0 Å². The van der Waals surface area contributed by atoms with Crippen LogP contribution in [-0.4, -0.2) is 61.9 Å². The van der Waals surface area contributed by atoms with E-state index in [0.29, 0.717) is 6.42 Å². The Morgan fingerprint density at radius 1 is 1.30 bits per heavy atom. The minimum Gasteiger partial charge on any atom is -0.370 e. The first-order chi connectivity index (χ1) is 10.7. The van der Waals surface area contributed by atoms with Crippen molar-refractivity contribution in [1.82, 2.24) is 10.2 Å². The van der Waals surface area contributed by atoms with E-state index in [1.807, 2.05) is 32.8 Å². The number of hydrogen-bond donors (Lipinski definition) is 2. The molecule has 1 heterocycles. The molecule has 0 saturated carbocycles. The number of rotatable bonds is 9. The van der Waals surface area contributed by atoms with Crippen LogP contribution in [0.15, 0.2) is 0 Å². The molecule has 1 fully saturated rings. The zero-order valence-corrected chi connectivity index (χ0v) is 14.5. The number of primary amides is 1. The van der Waals surface area contributed by atoms with E-state index in [1.165, 1.54) is 0 Å². The molecule has 1 rings (SSSR count). The van der Waals surface area contributed by atoms with Gasteiger partial charge in [-0.2, -0.15) is 0 Å². The van der Waals surface area contributed by atoms with Crippen molar-refractivity contribution in [2.75, 3.05) is 27.2 Å². The van der Waals surface area contributed by atoms with Crippen LogP contribution in [-0.2, 0) is 19.1 Å². The topological polar surface area (TPSA) is 102 Å². The summed E-state index contributed by atoms with van der Waals surface area (Å²) in [6, 6.07) is -0.568. The summed E-state index contributed by atoms with van der Waals surface area (Å²) in [6.45, 7) is 4.64. The Hall–Kier alpha value is -1.47.